The summed E-state index contributed by atoms with van der Waals surface area (Å²) in [5, 5.41) is 2.78. The molecule has 1 aromatic rings. The molecule has 0 saturated carbocycles. The lowest BCUT2D eigenvalue weighted by molar-refractivity contribution is -0.129. The van der Waals surface area contributed by atoms with E-state index in [9.17, 15) is 9.18 Å². The molecule has 5 heteroatoms. The number of methoxy groups -OCH3 is 1. The maximum atomic E-state index is 13.5. The van der Waals surface area contributed by atoms with Gasteiger partial charge in [-0.1, -0.05) is 0 Å². The molecule has 0 spiro atoms. The minimum atomic E-state index is -0.407. The number of nitrogens with one attached hydrogen (secondary N) is 1. The van der Waals surface area contributed by atoms with Gasteiger partial charge in [0.1, 0.15) is 11.6 Å². The Kier molecular flexibility index (Phi) is 4.95. The Labute approximate surface area is 107 Å². The fourth-order valence-corrected chi connectivity index (χ4v) is 1.35. The summed E-state index contributed by atoms with van der Waals surface area (Å²) < 4.78 is 18.5. The van der Waals surface area contributed by atoms with Gasteiger partial charge in [0.05, 0.1) is 19.3 Å². The van der Waals surface area contributed by atoms with Crippen LogP contribution in [0.15, 0.2) is 18.2 Å². The van der Waals surface area contributed by atoms with Crippen LogP contribution in [-0.4, -0.2) is 37.6 Å². The summed E-state index contributed by atoms with van der Waals surface area (Å²) >= 11 is 0. The number of carbonyl (C=O) groups is 1. The highest BCUT2D eigenvalue weighted by atomic mass is 19.1. The number of nitrogens with zero attached hydrogens (tertiary/aromatic N) is 1. The largest absolute Gasteiger partial charge is 0.497 e. The smallest absolute Gasteiger partial charge is 0.241 e. The molecule has 1 aromatic carbocycles. The van der Waals surface area contributed by atoms with Gasteiger partial charge in [0.2, 0.25) is 5.91 Å². The highest BCUT2D eigenvalue weighted by Gasteiger charge is 2.12. The van der Waals surface area contributed by atoms with Crippen molar-refractivity contribution in [2.45, 2.75) is 19.9 Å². The van der Waals surface area contributed by atoms with Crippen molar-refractivity contribution in [3.8, 4) is 5.75 Å². The SMILES string of the molecule is COc1ccc(F)c(NCC(=O)N(C)C(C)C)c1. The maximum absolute atomic E-state index is 13.5. The topological polar surface area (TPSA) is 41.6 Å². The monoisotopic (exact) mass is 254 g/mol. The van der Waals surface area contributed by atoms with Crippen LogP contribution in [0.4, 0.5) is 10.1 Å². The average Bonchev–Trinajstić information content (AvgIpc) is 2.36. The first-order valence-electron chi connectivity index (χ1n) is 5.78. The third-order valence-electron chi connectivity index (χ3n) is 2.77. The minimum Gasteiger partial charge on any atom is -0.497 e. The normalized spacial score (nSPS) is 10.3. The molecule has 1 amide bonds. The molecule has 0 aromatic heterocycles. The minimum absolute atomic E-state index is 0.0543. The van der Waals surface area contributed by atoms with Crippen LogP contribution in [0.3, 0.4) is 0 Å². The molecule has 0 bridgehead atoms. The molecule has 0 aliphatic heterocycles. The predicted octanol–water partition coefficient (Wildman–Crippen LogP) is 2.11. The van der Waals surface area contributed by atoms with Gasteiger partial charge in [0.25, 0.3) is 0 Å². The van der Waals surface area contributed by atoms with Gasteiger partial charge in [-0.2, -0.15) is 0 Å². The molecule has 0 unspecified atom stereocenters. The number of amides is 1. The van der Waals surface area contributed by atoms with Crippen LogP contribution in [0, 0.1) is 5.82 Å². The number of hydrogen-bond donors (Lipinski definition) is 1. The number of halogens is 1. The lowest BCUT2D eigenvalue weighted by Gasteiger charge is -2.21. The summed E-state index contributed by atoms with van der Waals surface area (Å²) in [5.74, 6) is 0.0478. The van der Waals surface area contributed by atoms with Crippen LogP contribution in [0.1, 0.15) is 13.8 Å². The van der Waals surface area contributed by atoms with Crippen molar-refractivity contribution in [3.63, 3.8) is 0 Å². The summed E-state index contributed by atoms with van der Waals surface area (Å²) in [6, 6.07) is 4.48. The Balaban J connectivity index is 2.66. The van der Waals surface area contributed by atoms with E-state index in [0.717, 1.165) is 0 Å². The molecule has 0 heterocycles. The van der Waals surface area contributed by atoms with Crippen molar-refractivity contribution in [1.82, 2.24) is 4.90 Å². The molecular weight excluding hydrogens is 235 g/mol. The first-order valence-corrected chi connectivity index (χ1v) is 5.78. The van der Waals surface area contributed by atoms with Crippen LogP contribution in [0.5, 0.6) is 5.75 Å². The van der Waals surface area contributed by atoms with Crippen molar-refractivity contribution in [2.75, 3.05) is 26.0 Å². The van der Waals surface area contributed by atoms with Crippen molar-refractivity contribution in [1.29, 1.82) is 0 Å². The summed E-state index contributed by atoms with van der Waals surface area (Å²) in [6.45, 7) is 3.90. The number of carbonyl (C=O) groups excluding carboxylic acids is 1. The standard InChI is InChI=1S/C13H19FN2O2/c1-9(2)16(3)13(17)8-15-12-7-10(18-4)5-6-11(12)14/h5-7,9,15H,8H2,1-4H3. The molecule has 0 saturated heterocycles. The molecule has 0 aliphatic rings. The molecule has 4 nitrogen and oxygen atoms in total. The molecule has 0 fully saturated rings. The van der Waals surface area contributed by atoms with Crippen molar-refractivity contribution >= 4 is 11.6 Å². The Morgan fingerprint density at radius 3 is 2.72 bits per heavy atom. The number of anilines is 1. The van der Waals surface area contributed by atoms with Crippen LogP contribution < -0.4 is 10.1 Å². The van der Waals surface area contributed by atoms with E-state index in [1.165, 1.54) is 25.3 Å². The predicted molar refractivity (Wildman–Crippen MR) is 69.3 cm³/mol. The molecule has 18 heavy (non-hydrogen) atoms. The fourth-order valence-electron chi connectivity index (χ4n) is 1.35. The van der Waals surface area contributed by atoms with Gasteiger partial charge in [0.15, 0.2) is 0 Å². The third-order valence-corrected chi connectivity index (χ3v) is 2.77. The van der Waals surface area contributed by atoms with Crippen LogP contribution in [0.2, 0.25) is 0 Å². The van der Waals surface area contributed by atoms with Gasteiger partial charge in [-0.15, -0.1) is 0 Å². The van der Waals surface area contributed by atoms with E-state index in [1.807, 2.05) is 13.8 Å². The van der Waals surface area contributed by atoms with E-state index in [4.69, 9.17) is 4.74 Å². The van der Waals surface area contributed by atoms with E-state index in [2.05, 4.69) is 5.32 Å². The second-order valence-corrected chi connectivity index (χ2v) is 4.30. The Bertz CT molecular complexity index is 421. The maximum Gasteiger partial charge on any atom is 0.241 e. The molecule has 1 N–H and O–H groups in total. The molecule has 0 atom stereocenters. The second-order valence-electron chi connectivity index (χ2n) is 4.30. The first-order chi connectivity index (χ1) is 8.45. The quantitative estimate of drug-likeness (QED) is 0.875. The summed E-state index contributed by atoms with van der Waals surface area (Å²) in [7, 11) is 3.23. The highest BCUT2D eigenvalue weighted by molar-refractivity contribution is 5.81. The zero-order valence-corrected chi connectivity index (χ0v) is 11.2. The van der Waals surface area contributed by atoms with E-state index in [1.54, 1.807) is 11.9 Å². The van der Waals surface area contributed by atoms with Crippen molar-refractivity contribution in [2.24, 2.45) is 0 Å². The third kappa shape index (κ3) is 3.61. The van der Waals surface area contributed by atoms with Crippen molar-refractivity contribution in [3.05, 3.63) is 24.0 Å². The van der Waals surface area contributed by atoms with Crippen LogP contribution in [0.25, 0.3) is 0 Å². The van der Waals surface area contributed by atoms with E-state index in [-0.39, 0.29) is 24.2 Å². The number of hydrogen-bond acceptors (Lipinski definition) is 3. The molecule has 100 valence electrons. The Morgan fingerprint density at radius 1 is 1.50 bits per heavy atom. The number of rotatable bonds is 5. The first kappa shape index (κ1) is 14.3. The van der Waals surface area contributed by atoms with E-state index in [0.29, 0.717) is 5.75 Å². The number of ether oxygens (including phenoxy) is 1. The molecule has 0 aliphatic carbocycles. The summed E-state index contributed by atoms with van der Waals surface area (Å²) in [5.41, 5.74) is 0.264. The number of benzene rings is 1. The lowest BCUT2D eigenvalue weighted by Crippen LogP contribution is -2.37. The summed E-state index contributed by atoms with van der Waals surface area (Å²) in [4.78, 5) is 13.3. The van der Waals surface area contributed by atoms with Gasteiger partial charge in [-0.25, -0.2) is 4.39 Å². The Morgan fingerprint density at radius 2 is 2.17 bits per heavy atom. The molecule has 1 rings (SSSR count). The molecular formula is C13H19FN2O2. The van der Waals surface area contributed by atoms with Gasteiger partial charge in [-0.05, 0) is 26.0 Å². The highest BCUT2D eigenvalue weighted by Crippen LogP contribution is 2.20. The van der Waals surface area contributed by atoms with E-state index < -0.39 is 5.82 Å². The number of likely N-dealkylation sites (N-methyl/N-ethyl adjacent to an activating group) is 1. The van der Waals surface area contributed by atoms with Gasteiger partial charge in [-0.3, -0.25) is 4.79 Å². The zero-order chi connectivity index (χ0) is 13.7. The van der Waals surface area contributed by atoms with Crippen molar-refractivity contribution < 1.29 is 13.9 Å². The summed E-state index contributed by atoms with van der Waals surface area (Å²) in [6.07, 6.45) is 0. The zero-order valence-electron chi connectivity index (χ0n) is 11.2. The van der Waals surface area contributed by atoms with Gasteiger partial charge in [0, 0.05) is 19.2 Å². The second kappa shape index (κ2) is 6.23. The Hall–Kier alpha value is -1.78. The van der Waals surface area contributed by atoms with Crippen LogP contribution in [-0.2, 0) is 4.79 Å². The lowest BCUT2D eigenvalue weighted by atomic mass is 10.2. The van der Waals surface area contributed by atoms with E-state index >= 15 is 0 Å². The van der Waals surface area contributed by atoms with Gasteiger partial charge < -0.3 is 15.0 Å². The van der Waals surface area contributed by atoms with Crippen LogP contribution >= 0.6 is 0 Å². The van der Waals surface area contributed by atoms with Gasteiger partial charge >= 0.3 is 0 Å². The molecule has 0 radical (unpaired) electrons. The average molecular weight is 254 g/mol. The fraction of sp³-hybridized carbons (Fsp3) is 0.462.